The third kappa shape index (κ3) is 4.53. The molecule has 0 radical (unpaired) electrons. The molecule has 1 atom stereocenters. The molecule has 6 nitrogen and oxygen atoms in total. The number of fused-ring (bicyclic) bond motifs is 3. The van der Waals surface area contributed by atoms with Gasteiger partial charge in [0.2, 0.25) is 0 Å². The smallest absolute Gasteiger partial charge is 0.407 e. The van der Waals surface area contributed by atoms with Crippen LogP contribution >= 0.6 is 11.3 Å². The van der Waals surface area contributed by atoms with Gasteiger partial charge in [-0.1, -0.05) is 69.3 Å². The zero-order valence-electron chi connectivity index (χ0n) is 18.3. The number of carboxylic acid groups (broad SMARTS) is 1. The molecule has 0 spiro atoms. The second-order valence-electron chi connectivity index (χ2n) is 8.95. The molecule has 1 heterocycles. The van der Waals surface area contributed by atoms with Gasteiger partial charge in [-0.3, -0.25) is 4.79 Å². The van der Waals surface area contributed by atoms with E-state index in [1.54, 1.807) is 5.38 Å². The van der Waals surface area contributed by atoms with Crippen LogP contribution in [0.5, 0.6) is 0 Å². The molecular formula is C25H26N2O4S. The summed E-state index contributed by atoms with van der Waals surface area (Å²) < 4.78 is 5.58. The number of amides is 1. The Bertz CT molecular complexity index is 1100. The average Bonchev–Trinajstić information content (AvgIpc) is 3.35. The maximum absolute atomic E-state index is 12.6. The average molecular weight is 451 g/mol. The zero-order chi connectivity index (χ0) is 22.9. The van der Waals surface area contributed by atoms with Gasteiger partial charge in [0, 0.05) is 16.7 Å². The molecule has 0 aliphatic heterocycles. The van der Waals surface area contributed by atoms with Gasteiger partial charge >= 0.3 is 12.1 Å². The molecule has 1 unspecified atom stereocenters. The van der Waals surface area contributed by atoms with Crippen molar-refractivity contribution in [2.45, 2.75) is 44.6 Å². The third-order valence-corrected chi connectivity index (χ3v) is 6.82. The number of benzene rings is 2. The SMILES string of the molecule is CC(C)(C)c1nc(C(CC(=O)O)NC(=O)OCC2c3ccccc3-c3ccccc32)cs1. The summed E-state index contributed by atoms with van der Waals surface area (Å²) >= 11 is 1.46. The minimum absolute atomic E-state index is 0.0576. The summed E-state index contributed by atoms with van der Waals surface area (Å²) in [6, 6.07) is 15.5. The van der Waals surface area contributed by atoms with Crippen LogP contribution in [0.2, 0.25) is 0 Å². The highest BCUT2D eigenvalue weighted by molar-refractivity contribution is 7.09. The van der Waals surface area contributed by atoms with Gasteiger partial charge in [0.05, 0.1) is 23.2 Å². The fourth-order valence-electron chi connectivity index (χ4n) is 3.98. The Morgan fingerprint density at radius 2 is 1.69 bits per heavy atom. The molecule has 0 fully saturated rings. The molecule has 3 aromatic rings. The maximum atomic E-state index is 12.6. The number of aromatic nitrogens is 1. The van der Waals surface area contributed by atoms with Crippen molar-refractivity contribution >= 4 is 23.4 Å². The lowest BCUT2D eigenvalue weighted by molar-refractivity contribution is -0.137. The van der Waals surface area contributed by atoms with Crippen LogP contribution in [0.25, 0.3) is 11.1 Å². The molecule has 0 bridgehead atoms. The first kappa shape index (κ1) is 22.0. The van der Waals surface area contributed by atoms with Crippen LogP contribution in [0.15, 0.2) is 53.9 Å². The Labute approximate surface area is 191 Å². The topological polar surface area (TPSA) is 88.5 Å². The molecule has 0 saturated heterocycles. The lowest BCUT2D eigenvalue weighted by Crippen LogP contribution is -2.32. The predicted molar refractivity (Wildman–Crippen MR) is 124 cm³/mol. The molecule has 166 valence electrons. The molecule has 1 aromatic heterocycles. The van der Waals surface area contributed by atoms with Gasteiger partial charge in [-0.05, 0) is 22.3 Å². The summed E-state index contributed by atoms with van der Waals surface area (Å²) in [5.41, 5.74) is 4.93. The van der Waals surface area contributed by atoms with Crippen molar-refractivity contribution in [1.29, 1.82) is 0 Å². The zero-order valence-corrected chi connectivity index (χ0v) is 19.1. The van der Waals surface area contributed by atoms with Crippen molar-refractivity contribution in [2.75, 3.05) is 6.61 Å². The van der Waals surface area contributed by atoms with Gasteiger partial charge < -0.3 is 15.2 Å². The van der Waals surface area contributed by atoms with Crippen molar-refractivity contribution in [3.05, 3.63) is 75.7 Å². The predicted octanol–water partition coefficient (Wildman–Crippen LogP) is 5.50. The van der Waals surface area contributed by atoms with E-state index in [-0.39, 0.29) is 24.4 Å². The monoisotopic (exact) mass is 450 g/mol. The van der Waals surface area contributed by atoms with Crippen LogP contribution in [0.4, 0.5) is 4.79 Å². The number of hydrogen-bond donors (Lipinski definition) is 2. The number of alkyl carbamates (subject to hydrolysis) is 1. The van der Waals surface area contributed by atoms with Crippen LogP contribution in [0.1, 0.15) is 61.0 Å². The number of nitrogens with one attached hydrogen (secondary N) is 1. The summed E-state index contributed by atoms with van der Waals surface area (Å²) in [5.74, 6) is -1.07. The van der Waals surface area contributed by atoms with E-state index in [1.165, 1.54) is 11.3 Å². The number of rotatable bonds is 6. The molecular weight excluding hydrogens is 424 g/mol. The molecule has 2 aromatic carbocycles. The van der Waals surface area contributed by atoms with E-state index in [1.807, 2.05) is 45.0 Å². The third-order valence-electron chi connectivity index (χ3n) is 5.54. The number of carboxylic acids is 1. The molecule has 0 saturated carbocycles. The molecule has 7 heteroatoms. The van der Waals surface area contributed by atoms with Crippen molar-refractivity contribution in [1.82, 2.24) is 10.3 Å². The van der Waals surface area contributed by atoms with Crippen LogP contribution in [0, 0.1) is 0 Å². The first-order valence-corrected chi connectivity index (χ1v) is 11.4. The van der Waals surface area contributed by atoms with E-state index in [2.05, 4.69) is 34.6 Å². The number of ether oxygens (including phenoxy) is 1. The second-order valence-corrected chi connectivity index (χ2v) is 9.81. The number of hydrogen-bond acceptors (Lipinski definition) is 5. The minimum atomic E-state index is -1.01. The summed E-state index contributed by atoms with van der Waals surface area (Å²) in [7, 11) is 0. The molecule has 2 N–H and O–H groups in total. The minimum Gasteiger partial charge on any atom is -0.481 e. The van der Waals surface area contributed by atoms with Crippen LogP contribution < -0.4 is 5.32 Å². The number of carbonyl (C=O) groups is 2. The Morgan fingerprint density at radius 1 is 1.09 bits per heavy atom. The highest BCUT2D eigenvalue weighted by Crippen LogP contribution is 2.44. The Hall–Kier alpha value is -3.19. The van der Waals surface area contributed by atoms with Crippen molar-refractivity contribution < 1.29 is 19.4 Å². The number of aliphatic carboxylic acids is 1. The van der Waals surface area contributed by atoms with E-state index in [9.17, 15) is 14.7 Å². The largest absolute Gasteiger partial charge is 0.481 e. The lowest BCUT2D eigenvalue weighted by atomic mass is 9.98. The number of carbonyl (C=O) groups excluding carboxylic acids is 1. The molecule has 1 aliphatic rings. The number of thiazole rings is 1. The molecule has 4 rings (SSSR count). The molecule has 1 aliphatic carbocycles. The summed E-state index contributed by atoms with van der Waals surface area (Å²) in [6.07, 6.45) is -0.916. The quantitative estimate of drug-likeness (QED) is 0.518. The fraction of sp³-hybridized carbons (Fsp3) is 0.320. The van der Waals surface area contributed by atoms with Gasteiger partial charge in [0.15, 0.2) is 0 Å². The number of nitrogens with zero attached hydrogens (tertiary/aromatic N) is 1. The second kappa shape index (κ2) is 8.74. The van der Waals surface area contributed by atoms with Crippen LogP contribution in [-0.2, 0) is 14.9 Å². The van der Waals surface area contributed by atoms with Crippen LogP contribution in [-0.4, -0.2) is 28.8 Å². The fourth-order valence-corrected chi connectivity index (χ4v) is 4.94. The highest BCUT2D eigenvalue weighted by Gasteiger charge is 2.30. The van der Waals surface area contributed by atoms with E-state index in [4.69, 9.17) is 4.74 Å². The molecule has 1 amide bonds. The van der Waals surface area contributed by atoms with E-state index < -0.39 is 18.1 Å². The van der Waals surface area contributed by atoms with Gasteiger partial charge in [-0.15, -0.1) is 11.3 Å². The van der Waals surface area contributed by atoms with Crippen molar-refractivity contribution in [2.24, 2.45) is 0 Å². The first-order valence-electron chi connectivity index (χ1n) is 10.5. The summed E-state index contributed by atoms with van der Waals surface area (Å²) in [4.78, 5) is 28.6. The van der Waals surface area contributed by atoms with Crippen molar-refractivity contribution in [3.63, 3.8) is 0 Å². The Morgan fingerprint density at radius 3 is 2.22 bits per heavy atom. The van der Waals surface area contributed by atoms with Crippen molar-refractivity contribution in [3.8, 4) is 11.1 Å². The van der Waals surface area contributed by atoms with Gasteiger partial charge in [-0.25, -0.2) is 9.78 Å². The van der Waals surface area contributed by atoms with Gasteiger partial charge in [0.1, 0.15) is 6.61 Å². The van der Waals surface area contributed by atoms with E-state index in [0.717, 1.165) is 27.3 Å². The Kier molecular flexibility index (Phi) is 6.02. The summed E-state index contributed by atoms with van der Waals surface area (Å²) in [6.45, 7) is 6.30. The summed E-state index contributed by atoms with van der Waals surface area (Å²) in [5, 5.41) is 14.7. The molecule has 32 heavy (non-hydrogen) atoms. The van der Waals surface area contributed by atoms with Gasteiger partial charge in [-0.2, -0.15) is 0 Å². The maximum Gasteiger partial charge on any atom is 0.407 e. The first-order chi connectivity index (χ1) is 15.2. The van der Waals surface area contributed by atoms with E-state index in [0.29, 0.717) is 5.69 Å². The Balaban J connectivity index is 1.47. The normalized spacial score (nSPS) is 13.8. The highest BCUT2D eigenvalue weighted by atomic mass is 32.1. The van der Waals surface area contributed by atoms with Crippen LogP contribution in [0.3, 0.4) is 0 Å². The lowest BCUT2D eigenvalue weighted by Gasteiger charge is -2.18. The standard InChI is InChI=1S/C25H26N2O4S/c1-25(2,3)23-26-21(14-32-23)20(12-22(28)29)27-24(30)31-13-19-17-10-6-4-8-15(17)16-9-5-7-11-18(16)19/h4-11,14,19-20H,12-13H2,1-3H3,(H,27,30)(H,28,29). The van der Waals surface area contributed by atoms with E-state index >= 15 is 0 Å². The van der Waals surface area contributed by atoms with Gasteiger partial charge in [0.25, 0.3) is 0 Å².